The van der Waals surface area contributed by atoms with Gasteiger partial charge in [0.05, 0.1) is 12.1 Å². The molecule has 0 atom stereocenters. The summed E-state index contributed by atoms with van der Waals surface area (Å²) >= 11 is 8.75. The first-order valence-corrected chi connectivity index (χ1v) is 8.85. The molecule has 2 heterocycles. The van der Waals surface area contributed by atoms with E-state index in [2.05, 4.69) is 4.98 Å². The fourth-order valence-electron chi connectivity index (χ4n) is 1.92. The summed E-state index contributed by atoms with van der Waals surface area (Å²) in [6, 6.07) is 9.12. The molecule has 0 radical (unpaired) electrons. The monoisotopic (exact) mass is 352 g/mol. The summed E-state index contributed by atoms with van der Waals surface area (Å²) in [6.45, 7) is 0.532. The van der Waals surface area contributed by atoms with Gasteiger partial charge in [0.2, 0.25) is 0 Å². The third-order valence-electron chi connectivity index (χ3n) is 3.04. The largest absolute Gasteiger partial charge is 0.493 e. The van der Waals surface area contributed by atoms with Crippen LogP contribution < -0.4 is 10.3 Å². The topological polar surface area (TPSA) is 44.1 Å². The number of aromatic nitrogens is 2. The lowest BCUT2D eigenvalue weighted by Gasteiger charge is -2.08. The Balaban J connectivity index is 1.63. The van der Waals surface area contributed by atoms with E-state index in [0.717, 1.165) is 11.3 Å². The number of thiophene rings is 1. The number of halogens is 1. The number of rotatable bonds is 5. The molecule has 0 saturated heterocycles. The van der Waals surface area contributed by atoms with Gasteiger partial charge < -0.3 is 4.74 Å². The molecule has 0 amide bonds. The van der Waals surface area contributed by atoms with Gasteiger partial charge in [0.1, 0.15) is 10.4 Å². The van der Waals surface area contributed by atoms with E-state index < -0.39 is 0 Å². The second-order valence-electron chi connectivity index (χ2n) is 4.54. The summed E-state index contributed by atoms with van der Waals surface area (Å²) in [4.78, 5) is 16.7. The van der Waals surface area contributed by atoms with Crippen molar-refractivity contribution >= 4 is 44.9 Å². The summed E-state index contributed by atoms with van der Waals surface area (Å²) in [7, 11) is 1.75. The molecule has 0 aliphatic carbocycles. The van der Waals surface area contributed by atoms with Gasteiger partial charge in [-0.25, -0.2) is 4.98 Å². The van der Waals surface area contributed by atoms with Crippen LogP contribution in [0, 0.1) is 0 Å². The zero-order valence-electron chi connectivity index (χ0n) is 11.8. The molecule has 4 nitrogen and oxygen atoms in total. The predicted octanol–water partition coefficient (Wildman–Crippen LogP) is 3.82. The predicted molar refractivity (Wildman–Crippen MR) is 92.5 cm³/mol. The number of thioether (sulfide) groups is 1. The smallest absolute Gasteiger partial charge is 0.271 e. The summed E-state index contributed by atoms with van der Waals surface area (Å²) in [6.07, 6.45) is 0. The van der Waals surface area contributed by atoms with E-state index in [1.807, 2.05) is 23.6 Å². The van der Waals surface area contributed by atoms with Crippen molar-refractivity contribution in [3.05, 3.63) is 51.1 Å². The van der Waals surface area contributed by atoms with Gasteiger partial charge >= 0.3 is 0 Å². The number of hydrogen-bond acceptors (Lipinski definition) is 5. The molecule has 0 saturated carbocycles. The zero-order valence-corrected chi connectivity index (χ0v) is 14.2. The molecular formula is C15H13ClN2O2S2. The molecule has 0 spiro atoms. The van der Waals surface area contributed by atoms with Gasteiger partial charge in [-0.15, -0.1) is 11.3 Å². The fraction of sp³-hybridized carbons (Fsp3) is 0.200. The van der Waals surface area contributed by atoms with Gasteiger partial charge in [-0.1, -0.05) is 23.4 Å². The second-order valence-corrected chi connectivity index (χ2v) is 6.96. The van der Waals surface area contributed by atoms with Gasteiger partial charge in [0.15, 0.2) is 5.16 Å². The molecule has 0 aliphatic rings. The Morgan fingerprint density at radius 2 is 2.09 bits per heavy atom. The van der Waals surface area contributed by atoms with Crippen LogP contribution in [0.25, 0.3) is 10.2 Å². The van der Waals surface area contributed by atoms with Crippen LogP contribution in [-0.2, 0) is 7.05 Å². The van der Waals surface area contributed by atoms with Gasteiger partial charge in [-0.3, -0.25) is 9.36 Å². The molecular weight excluding hydrogens is 340 g/mol. The van der Waals surface area contributed by atoms with Crippen LogP contribution in [0.1, 0.15) is 0 Å². The van der Waals surface area contributed by atoms with Crippen LogP contribution in [0.2, 0.25) is 5.02 Å². The number of ether oxygens (including phenoxy) is 1. The van der Waals surface area contributed by atoms with E-state index in [9.17, 15) is 4.79 Å². The lowest BCUT2D eigenvalue weighted by molar-refractivity contribution is 0.344. The quantitative estimate of drug-likeness (QED) is 0.398. The van der Waals surface area contributed by atoms with Crippen molar-refractivity contribution in [1.29, 1.82) is 0 Å². The average molecular weight is 353 g/mol. The Morgan fingerprint density at radius 1 is 1.32 bits per heavy atom. The number of hydrogen-bond donors (Lipinski definition) is 0. The highest BCUT2D eigenvalue weighted by atomic mass is 35.5. The van der Waals surface area contributed by atoms with E-state index in [4.69, 9.17) is 16.3 Å². The average Bonchev–Trinajstić information content (AvgIpc) is 2.98. The van der Waals surface area contributed by atoms with Crippen LogP contribution in [0.5, 0.6) is 5.75 Å². The maximum atomic E-state index is 12.2. The molecule has 2 aromatic heterocycles. The minimum atomic E-state index is 0.00104. The molecule has 0 bridgehead atoms. The Bertz CT molecular complexity index is 843. The molecule has 1 aromatic carbocycles. The standard InChI is InChI=1S/C15H13ClN2O2S2/c1-18-14(19)13-12(6-8-21-13)17-15(18)22-9-7-20-11-4-2-10(16)3-5-11/h2-6,8H,7,9H2,1H3. The number of benzene rings is 1. The molecule has 3 rings (SSSR count). The highest BCUT2D eigenvalue weighted by Gasteiger charge is 2.09. The highest BCUT2D eigenvalue weighted by Crippen LogP contribution is 2.20. The maximum Gasteiger partial charge on any atom is 0.271 e. The normalized spacial score (nSPS) is 11.0. The Hall–Kier alpha value is -1.50. The Labute approximate surface area is 140 Å². The summed E-state index contributed by atoms with van der Waals surface area (Å²) in [5, 5.41) is 3.28. The zero-order chi connectivity index (χ0) is 15.5. The van der Waals surface area contributed by atoms with Gasteiger partial charge in [0, 0.05) is 17.8 Å². The van der Waals surface area contributed by atoms with Crippen LogP contribution in [0.3, 0.4) is 0 Å². The first-order valence-electron chi connectivity index (χ1n) is 6.60. The van der Waals surface area contributed by atoms with Crippen molar-refractivity contribution in [1.82, 2.24) is 9.55 Å². The van der Waals surface area contributed by atoms with Crippen molar-refractivity contribution in [3.8, 4) is 5.75 Å². The van der Waals surface area contributed by atoms with Crippen molar-refractivity contribution in [2.75, 3.05) is 12.4 Å². The first kappa shape index (κ1) is 15.4. The molecule has 0 aliphatic heterocycles. The Kier molecular flexibility index (Phi) is 4.71. The third kappa shape index (κ3) is 3.29. The Morgan fingerprint density at radius 3 is 2.86 bits per heavy atom. The van der Waals surface area contributed by atoms with Gasteiger partial charge in [-0.05, 0) is 35.7 Å². The minimum absolute atomic E-state index is 0.00104. The molecule has 0 unspecified atom stereocenters. The van der Waals surface area contributed by atoms with Crippen LogP contribution >= 0.6 is 34.7 Å². The summed E-state index contributed by atoms with van der Waals surface area (Å²) in [5.41, 5.74) is 0.760. The van der Waals surface area contributed by atoms with Gasteiger partial charge in [-0.2, -0.15) is 0 Å². The van der Waals surface area contributed by atoms with E-state index in [1.165, 1.54) is 23.1 Å². The molecule has 22 heavy (non-hydrogen) atoms. The summed E-state index contributed by atoms with van der Waals surface area (Å²) < 4.78 is 7.92. The van der Waals surface area contributed by atoms with Crippen molar-refractivity contribution in [2.45, 2.75) is 5.16 Å². The lowest BCUT2D eigenvalue weighted by Crippen LogP contribution is -2.19. The van der Waals surface area contributed by atoms with Crippen molar-refractivity contribution in [2.24, 2.45) is 7.05 Å². The second kappa shape index (κ2) is 6.73. The van der Waals surface area contributed by atoms with E-state index in [0.29, 0.717) is 27.2 Å². The van der Waals surface area contributed by atoms with Crippen LogP contribution in [0.4, 0.5) is 0 Å². The molecule has 7 heteroatoms. The first-order chi connectivity index (χ1) is 10.6. The van der Waals surface area contributed by atoms with E-state index >= 15 is 0 Å². The number of fused-ring (bicyclic) bond motifs is 1. The molecule has 3 aromatic rings. The maximum absolute atomic E-state index is 12.2. The van der Waals surface area contributed by atoms with Crippen LogP contribution in [0.15, 0.2) is 45.7 Å². The van der Waals surface area contributed by atoms with Crippen molar-refractivity contribution in [3.63, 3.8) is 0 Å². The highest BCUT2D eigenvalue weighted by molar-refractivity contribution is 7.99. The van der Waals surface area contributed by atoms with E-state index in [1.54, 1.807) is 23.7 Å². The molecule has 114 valence electrons. The summed E-state index contributed by atoms with van der Waals surface area (Å²) in [5.74, 6) is 1.48. The molecule has 0 N–H and O–H groups in total. The van der Waals surface area contributed by atoms with Crippen LogP contribution in [-0.4, -0.2) is 21.9 Å². The SMILES string of the molecule is Cn1c(SCCOc2ccc(Cl)cc2)nc2ccsc2c1=O. The fourth-order valence-corrected chi connectivity index (χ4v) is 3.64. The lowest BCUT2D eigenvalue weighted by atomic mass is 10.3. The number of nitrogens with zero attached hydrogens (tertiary/aromatic N) is 2. The van der Waals surface area contributed by atoms with Gasteiger partial charge in [0.25, 0.3) is 5.56 Å². The van der Waals surface area contributed by atoms with Crippen molar-refractivity contribution < 1.29 is 4.74 Å². The molecule has 0 fully saturated rings. The minimum Gasteiger partial charge on any atom is -0.493 e. The third-order valence-corrected chi connectivity index (χ3v) is 5.18. The van der Waals surface area contributed by atoms with E-state index in [-0.39, 0.29) is 5.56 Å².